The summed E-state index contributed by atoms with van der Waals surface area (Å²) >= 11 is 3.20. The molecule has 0 fully saturated rings. The molecular formula is C14H16N4S2. The van der Waals surface area contributed by atoms with Crippen LogP contribution in [0.1, 0.15) is 24.4 Å². The summed E-state index contributed by atoms with van der Waals surface area (Å²) in [5.41, 5.74) is 7.80. The number of nitrogens with one attached hydrogen (secondary N) is 1. The quantitative estimate of drug-likeness (QED) is 0.776. The van der Waals surface area contributed by atoms with Gasteiger partial charge in [-0.1, -0.05) is 17.4 Å². The third kappa shape index (κ3) is 2.67. The third-order valence-corrected chi connectivity index (χ3v) is 5.11. The number of hydrogen-bond acceptors (Lipinski definition) is 6. The summed E-state index contributed by atoms with van der Waals surface area (Å²) in [6.45, 7) is 5.09. The van der Waals surface area contributed by atoms with Crippen LogP contribution in [0, 0.1) is 0 Å². The van der Waals surface area contributed by atoms with Crippen molar-refractivity contribution in [3.8, 4) is 0 Å². The van der Waals surface area contributed by atoms with Gasteiger partial charge >= 0.3 is 0 Å². The van der Waals surface area contributed by atoms with Crippen LogP contribution in [0.2, 0.25) is 0 Å². The molecule has 20 heavy (non-hydrogen) atoms. The van der Waals surface area contributed by atoms with Gasteiger partial charge in [0.05, 0.1) is 15.8 Å². The number of anilines is 1. The zero-order valence-electron chi connectivity index (χ0n) is 11.4. The minimum atomic E-state index is -0.129. The number of nitrogens with two attached hydrogens (primary N) is 1. The molecule has 1 aromatic carbocycles. The maximum atomic E-state index is 5.73. The SMILES string of the molecule is CC(C)(NCc1ccc2nc(N)sc2c1)c1nccs1. The highest BCUT2D eigenvalue weighted by Crippen LogP contribution is 2.26. The third-order valence-electron chi connectivity index (χ3n) is 3.17. The highest BCUT2D eigenvalue weighted by atomic mass is 32.1. The van der Waals surface area contributed by atoms with Gasteiger partial charge in [0.25, 0.3) is 0 Å². The summed E-state index contributed by atoms with van der Waals surface area (Å²) in [4.78, 5) is 8.66. The second-order valence-electron chi connectivity index (χ2n) is 5.17. The topological polar surface area (TPSA) is 63.8 Å². The fourth-order valence-corrected chi connectivity index (χ4v) is 3.56. The van der Waals surface area contributed by atoms with Gasteiger partial charge in [-0.3, -0.25) is 0 Å². The molecule has 2 heterocycles. The Hall–Kier alpha value is -1.50. The van der Waals surface area contributed by atoms with Crippen molar-refractivity contribution in [3.05, 3.63) is 40.3 Å². The molecule has 4 nitrogen and oxygen atoms in total. The van der Waals surface area contributed by atoms with Crippen molar-refractivity contribution in [2.75, 3.05) is 5.73 Å². The van der Waals surface area contributed by atoms with E-state index in [1.54, 1.807) is 11.3 Å². The molecule has 2 aromatic heterocycles. The smallest absolute Gasteiger partial charge is 0.181 e. The average molecular weight is 304 g/mol. The van der Waals surface area contributed by atoms with Crippen molar-refractivity contribution < 1.29 is 0 Å². The Morgan fingerprint density at radius 2 is 2.20 bits per heavy atom. The number of benzene rings is 1. The van der Waals surface area contributed by atoms with Gasteiger partial charge in [-0.2, -0.15) is 0 Å². The van der Waals surface area contributed by atoms with Crippen LogP contribution in [0.15, 0.2) is 29.8 Å². The van der Waals surface area contributed by atoms with Crippen LogP contribution in [-0.2, 0) is 12.1 Å². The molecule has 3 aromatic rings. The molecular weight excluding hydrogens is 288 g/mol. The molecule has 0 unspecified atom stereocenters. The van der Waals surface area contributed by atoms with E-state index in [0.29, 0.717) is 5.13 Å². The van der Waals surface area contributed by atoms with Crippen molar-refractivity contribution in [1.29, 1.82) is 0 Å². The Morgan fingerprint density at radius 3 is 2.95 bits per heavy atom. The van der Waals surface area contributed by atoms with Crippen molar-refractivity contribution in [3.63, 3.8) is 0 Å². The Morgan fingerprint density at radius 1 is 1.35 bits per heavy atom. The van der Waals surface area contributed by atoms with Gasteiger partial charge in [-0.05, 0) is 31.5 Å². The standard InChI is InChI=1S/C14H16N4S2/c1-14(2,12-16-5-6-19-12)17-8-9-3-4-10-11(7-9)20-13(15)18-10/h3-7,17H,8H2,1-2H3,(H2,15,18). The van der Waals surface area contributed by atoms with Crippen LogP contribution in [-0.4, -0.2) is 9.97 Å². The van der Waals surface area contributed by atoms with Gasteiger partial charge in [0.15, 0.2) is 5.13 Å². The average Bonchev–Trinajstić information content (AvgIpc) is 3.04. The second-order valence-corrected chi connectivity index (χ2v) is 7.13. The summed E-state index contributed by atoms with van der Waals surface area (Å²) in [5.74, 6) is 0. The zero-order valence-corrected chi connectivity index (χ0v) is 13.0. The van der Waals surface area contributed by atoms with Gasteiger partial charge in [0.2, 0.25) is 0 Å². The second kappa shape index (κ2) is 5.12. The number of hydrogen-bond donors (Lipinski definition) is 2. The molecule has 0 saturated heterocycles. The highest BCUT2D eigenvalue weighted by molar-refractivity contribution is 7.22. The number of fused-ring (bicyclic) bond motifs is 1. The molecule has 3 N–H and O–H groups in total. The van der Waals surface area contributed by atoms with Gasteiger partial charge in [-0.15, -0.1) is 11.3 Å². The van der Waals surface area contributed by atoms with Crippen LogP contribution in [0.5, 0.6) is 0 Å². The number of nitrogen functional groups attached to an aromatic ring is 1. The maximum absolute atomic E-state index is 5.73. The van der Waals surface area contributed by atoms with E-state index in [2.05, 4.69) is 41.3 Å². The van der Waals surface area contributed by atoms with Gasteiger partial charge in [0, 0.05) is 18.1 Å². The minimum absolute atomic E-state index is 0.129. The fourth-order valence-electron chi connectivity index (χ4n) is 2.03. The number of aromatic nitrogens is 2. The van der Waals surface area contributed by atoms with E-state index in [4.69, 9.17) is 5.73 Å². The molecule has 0 saturated carbocycles. The van der Waals surface area contributed by atoms with E-state index in [1.165, 1.54) is 16.9 Å². The number of thiazole rings is 2. The zero-order chi connectivity index (χ0) is 14.2. The van der Waals surface area contributed by atoms with Gasteiger partial charge in [-0.25, -0.2) is 9.97 Å². The first kappa shape index (κ1) is 13.5. The molecule has 6 heteroatoms. The molecule has 104 valence electrons. The summed E-state index contributed by atoms with van der Waals surface area (Å²) in [5, 5.41) is 7.27. The molecule has 0 bridgehead atoms. The van der Waals surface area contributed by atoms with Gasteiger partial charge in [0.1, 0.15) is 5.01 Å². The number of nitrogens with zero attached hydrogens (tertiary/aromatic N) is 2. The first-order valence-electron chi connectivity index (χ1n) is 6.34. The monoisotopic (exact) mass is 304 g/mol. The van der Waals surface area contributed by atoms with E-state index in [9.17, 15) is 0 Å². The summed E-state index contributed by atoms with van der Waals surface area (Å²) in [7, 11) is 0. The van der Waals surface area contributed by atoms with Gasteiger partial charge < -0.3 is 11.1 Å². The van der Waals surface area contributed by atoms with Crippen molar-refractivity contribution in [1.82, 2.24) is 15.3 Å². The van der Waals surface area contributed by atoms with Crippen LogP contribution >= 0.6 is 22.7 Å². The molecule has 0 aliphatic carbocycles. The molecule has 0 aliphatic rings. The summed E-state index contributed by atoms with van der Waals surface area (Å²) < 4.78 is 1.13. The molecule has 3 rings (SSSR count). The molecule has 0 spiro atoms. The van der Waals surface area contributed by atoms with Crippen LogP contribution in [0.25, 0.3) is 10.2 Å². The predicted molar refractivity (Wildman–Crippen MR) is 86.0 cm³/mol. The lowest BCUT2D eigenvalue weighted by atomic mass is 10.1. The van der Waals surface area contributed by atoms with E-state index >= 15 is 0 Å². The summed E-state index contributed by atoms with van der Waals surface area (Å²) in [6.07, 6.45) is 1.84. The minimum Gasteiger partial charge on any atom is -0.375 e. The van der Waals surface area contributed by atoms with E-state index in [-0.39, 0.29) is 5.54 Å². The largest absolute Gasteiger partial charge is 0.375 e. The van der Waals surface area contributed by atoms with E-state index in [0.717, 1.165) is 21.8 Å². The lowest BCUT2D eigenvalue weighted by Gasteiger charge is -2.24. The van der Waals surface area contributed by atoms with Crippen molar-refractivity contribution in [2.45, 2.75) is 25.9 Å². The van der Waals surface area contributed by atoms with Crippen molar-refractivity contribution in [2.24, 2.45) is 0 Å². The van der Waals surface area contributed by atoms with Crippen LogP contribution in [0.4, 0.5) is 5.13 Å². The lowest BCUT2D eigenvalue weighted by Crippen LogP contribution is -2.35. The van der Waals surface area contributed by atoms with Crippen LogP contribution < -0.4 is 11.1 Å². The molecule has 0 aliphatic heterocycles. The first-order valence-corrected chi connectivity index (χ1v) is 8.04. The van der Waals surface area contributed by atoms with E-state index in [1.807, 2.05) is 17.6 Å². The predicted octanol–water partition coefficient (Wildman–Crippen LogP) is 3.36. The fraction of sp³-hybridized carbons (Fsp3) is 0.286. The molecule has 0 radical (unpaired) electrons. The molecule has 0 atom stereocenters. The lowest BCUT2D eigenvalue weighted by molar-refractivity contribution is 0.399. The Kier molecular flexibility index (Phi) is 3.45. The normalized spacial score (nSPS) is 12.1. The summed E-state index contributed by atoms with van der Waals surface area (Å²) in [6, 6.07) is 6.26. The maximum Gasteiger partial charge on any atom is 0.181 e. The first-order chi connectivity index (χ1) is 9.54. The van der Waals surface area contributed by atoms with Crippen molar-refractivity contribution >= 4 is 38.0 Å². The highest BCUT2D eigenvalue weighted by Gasteiger charge is 2.22. The van der Waals surface area contributed by atoms with E-state index < -0.39 is 0 Å². The Labute approximate surface area is 125 Å². The Balaban J connectivity index is 1.76. The van der Waals surface area contributed by atoms with Crippen LogP contribution in [0.3, 0.4) is 0 Å². The molecule has 0 amide bonds. The number of rotatable bonds is 4. The Bertz CT molecular complexity index is 716.